The van der Waals surface area contributed by atoms with Crippen LogP contribution in [0.4, 0.5) is 0 Å². The lowest BCUT2D eigenvalue weighted by molar-refractivity contribution is -0.147. The normalized spacial score (nSPS) is 19.6. The molecule has 2 saturated heterocycles. The van der Waals surface area contributed by atoms with Crippen molar-refractivity contribution in [2.45, 2.75) is 44.2 Å². The van der Waals surface area contributed by atoms with E-state index in [4.69, 9.17) is 32.7 Å². The Kier molecular flexibility index (Phi) is 9.12. The molecule has 0 bridgehead atoms. The van der Waals surface area contributed by atoms with Gasteiger partial charge in [-0.2, -0.15) is 0 Å². The Morgan fingerprint density at radius 3 is 2.32 bits per heavy atom. The number of carbonyl (C=O) groups excluding carboxylic acids is 1. The molecule has 2 aromatic rings. The van der Waals surface area contributed by atoms with Crippen LogP contribution in [0.15, 0.2) is 48.5 Å². The summed E-state index contributed by atoms with van der Waals surface area (Å²) in [6.07, 6.45) is 5.17. The minimum atomic E-state index is -0.206. The van der Waals surface area contributed by atoms with Gasteiger partial charge in [-0.25, -0.2) is 0 Å². The van der Waals surface area contributed by atoms with Crippen LogP contribution < -0.4 is 4.74 Å². The third kappa shape index (κ3) is 6.88. The molecule has 2 heterocycles. The summed E-state index contributed by atoms with van der Waals surface area (Å²) in [7, 11) is 1.49. The molecule has 184 valence electrons. The van der Waals surface area contributed by atoms with Crippen LogP contribution in [-0.4, -0.2) is 67.7 Å². The first-order chi connectivity index (χ1) is 16.5. The number of benzene rings is 2. The number of carbonyl (C=O) groups is 1. The van der Waals surface area contributed by atoms with Crippen LogP contribution in [0.25, 0.3) is 0 Å². The van der Waals surface area contributed by atoms with Crippen molar-refractivity contribution in [2.24, 2.45) is 5.92 Å². The van der Waals surface area contributed by atoms with Gasteiger partial charge < -0.3 is 14.4 Å². The molecule has 0 N–H and O–H groups in total. The van der Waals surface area contributed by atoms with E-state index >= 15 is 0 Å². The highest BCUT2D eigenvalue weighted by Gasteiger charge is 2.32. The van der Waals surface area contributed by atoms with Crippen molar-refractivity contribution in [1.29, 1.82) is 0 Å². The summed E-state index contributed by atoms with van der Waals surface area (Å²) in [6, 6.07) is 15.5. The van der Waals surface area contributed by atoms with Crippen LogP contribution in [0.5, 0.6) is 5.75 Å². The van der Waals surface area contributed by atoms with Crippen molar-refractivity contribution in [3.8, 4) is 5.75 Å². The molecule has 0 amide bonds. The van der Waals surface area contributed by atoms with Crippen LogP contribution in [0.3, 0.4) is 0 Å². The second kappa shape index (κ2) is 12.3. The number of ether oxygens (including phenoxy) is 2. The third-order valence-corrected chi connectivity index (χ3v) is 7.82. The molecule has 2 aliphatic rings. The maximum atomic E-state index is 12.5. The minimum absolute atomic E-state index is 0.133. The minimum Gasteiger partial charge on any atom is -0.490 e. The molecule has 7 heteroatoms. The van der Waals surface area contributed by atoms with Gasteiger partial charge in [0.2, 0.25) is 0 Å². The molecule has 34 heavy (non-hydrogen) atoms. The Morgan fingerprint density at radius 2 is 1.68 bits per heavy atom. The van der Waals surface area contributed by atoms with E-state index in [2.05, 4.69) is 21.9 Å². The number of methoxy groups -OCH3 is 1. The lowest BCUT2D eigenvalue weighted by Crippen LogP contribution is -2.49. The molecule has 1 atom stereocenters. The van der Waals surface area contributed by atoms with Gasteiger partial charge in [-0.3, -0.25) is 9.69 Å². The monoisotopic (exact) mass is 504 g/mol. The lowest BCUT2D eigenvalue weighted by Gasteiger charge is -2.39. The number of halogens is 2. The summed E-state index contributed by atoms with van der Waals surface area (Å²) in [5, 5.41) is 1.08. The zero-order valence-electron chi connectivity index (χ0n) is 19.8. The fourth-order valence-corrected chi connectivity index (χ4v) is 5.39. The molecule has 4 rings (SSSR count). The highest BCUT2D eigenvalue weighted by atomic mass is 35.5. The highest BCUT2D eigenvalue weighted by molar-refractivity contribution is 6.42. The van der Waals surface area contributed by atoms with Crippen molar-refractivity contribution in [3.05, 3.63) is 64.1 Å². The van der Waals surface area contributed by atoms with Gasteiger partial charge in [0.05, 0.1) is 17.2 Å². The predicted octanol–water partition coefficient (Wildman–Crippen LogP) is 5.33. The standard InChI is InChI=1S/C27H34Cl2N2O3/c1-33-27(32)26(17-20-5-3-2-4-6-20)31-15-9-21(10-16-31)19-30-13-11-22(12-14-30)34-23-7-8-24(28)25(29)18-23/h2-8,18,21-22,26H,9-17,19H2,1H3/t26-/m1/s1. The summed E-state index contributed by atoms with van der Waals surface area (Å²) >= 11 is 12.1. The van der Waals surface area contributed by atoms with Gasteiger partial charge in [0, 0.05) is 25.7 Å². The summed E-state index contributed by atoms with van der Waals surface area (Å²) < 4.78 is 11.3. The molecule has 0 radical (unpaired) electrons. The first kappa shape index (κ1) is 25.3. The van der Waals surface area contributed by atoms with Crippen LogP contribution in [0.2, 0.25) is 10.0 Å². The fraction of sp³-hybridized carbons (Fsp3) is 0.519. The largest absolute Gasteiger partial charge is 0.490 e. The zero-order valence-corrected chi connectivity index (χ0v) is 21.3. The van der Waals surface area contributed by atoms with E-state index in [-0.39, 0.29) is 18.1 Å². The van der Waals surface area contributed by atoms with Crippen molar-refractivity contribution in [2.75, 3.05) is 39.8 Å². The third-order valence-electron chi connectivity index (χ3n) is 7.08. The number of piperidine rings is 2. The van der Waals surface area contributed by atoms with E-state index in [1.807, 2.05) is 24.3 Å². The Labute approximate surface area is 212 Å². The van der Waals surface area contributed by atoms with Gasteiger partial charge in [0.25, 0.3) is 0 Å². The van der Waals surface area contributed by atoms with Crippen molar-refractivity contribution in [3.63, 3.8) is 0 Å². The van der Waals surface area contributed by atoms with Gasteiger partial charge in [-0.1, -0.05) is 53.5 Å². The van der Waals surface area contributed by atoms with E-state index in [0.717, 1.165) is 64.2 Å². The molecule has 2 aromatic carbocycles. The summed E-state index contributed by atoms with van der Waals surface area (Å²) in [5.41, 5.74) is 1.17. The predicted molar refractivity (Wildman–Crippen MR) is 137 cm³/mol. The number of hydrogen-bond donors (Lipinski definition) is 0. The SMILES string of the molecule is COC(=O)[C@@H](Cc1ccccc1)N1CCC(CN2CCC(Oc3ccc(Cl)c(Cl)c3)CC2)CC1. The second-order valence-electron chi connectivity index (χ2n) is 9.40. The van der Waals surface area contributed by atoms with Gasteiger partial charge in [0.1, 0.15) is 17.9 Å². The average Bonchev–Trinajstić information content (AvgIpc) is 2.87. The molecule has 2 fully saturated rings. The Bertz CT molecular complexity index is 927. The number of rotatable bonds is 8. The zero-order chi connectivity index (χ0) is 23.9. The summed E-state index contributed by atoms with van der Waals surface area (Å²) in [6.45, 7) is 5.09. The molecular weight excluding hydrogens is 471 g/mol. The first-order valence-electron chi connectivity index (χ1n) is 12.2. The quantitative estimate of drug-likeness (QED) is 0.454. The average molecular weight is 505 g/mol. The Hall–Kier alpha value is -1.79. The maximum Gasteiger partial charge on any atom is 0.323 e. The topological polar surface area (TPSA) is 42.0 Å². The number of nitrogens with zero attached hydrogens (tertiary/aromatic N) is 2. The van der Waals surface area contributed by atoms with Gasteiger partial charge in [-0.05, 0) is 68.8 Å². The molecule has 0 spiro atoms. The van der Waals surface area contributed by atoms with Crippen molar-refractivity contribution in [1.82, 2.24) is 9.80 Å². The van der Waals surface area contributed by atoms with E-state index in [9.17, 15) is 4.79 Å². The summed E-state index contributed by atoms with van der Waals surface area (Å²) in [5.74, 6) is 1.32. The maximum absolute atomic E-state index is 12.5. The van der Waals surface area contributed by atoms with Gasteiger partial charge in [-0.15, -0.1) is 0 Å². The van der Waals surface area contributed by atoms with Crippen LogP contribution in [0, 0.1) is 5.92 Å². The van der Waals surface area contributed by atoms with Crippen molar-refractivity contribution < 1.29 is 14.3 Å². The highest BCUT2D eigenvalue weighted by Crippen LogP contribution is 2.29. The smallest absolute Gasteiger partial charge is 0.323 e. The van der Waals surface area contributed by atoms with Crippen LogP contribution in [-0.2, 0) is 16.0 Å². The second-order valence-corrected chi connectivity index (χ2v) is 10.2. The molecule has 0 saturated carbocycles. The number of esters is 1. The van der Waals surface area contributed by atoms with E-state index < -0.39 is 0 Å². The Morgan fingerprint density at radius 1 is 0.971 bits per heavy atom. The number of hydrogen-bond acceptors (Lipinski definition) is 5. The summed E-state index contributed by atoms with van der Waals surface area (Å²) in [4.78, 5) is 17.4. The molecule has 0 unspecified atom stereocenters. The molecule has 0 aliphatic carbocycles. The molecule has 5 nitrogen and oxygen atoms in total. The van der Waals surface area contributed by atoms with Crippen LogP contribution in [0.1, 0.15) is 31.2 Å². The van der Waals surface area contributed by atoms with Crippen LogP contribution >= 0.6 is 23.2 Å². The molecule has 2 aliphatic heterocycles. The van der Waals surface area contributed by atoms with Gasteiger partial charge >= 0.3 is 5.97 Å². The molecule has 0 aromatic heterocycles. The fourth-order valence-electron chi connectivity index (χ4n) is 5.10. The first-order valence-corrected chi connectivity index (χ1v) is 13.0. The van der Waals surface area contributed by atoms with Gasteiger partial charge in [0.15, 0.2) is 0 Å². The lowest BCUT2D eigenvalue weighted by atomic mass is 9.93. The molecular formula is C27H34Cl2N2O3. The van der Waals surface area contributed by atoms with E-state index in [1.165, 1.54) is 12.7 Å². The Balaban J connectivity index is 1.21. The van der Waals surface area contributed by atoms with E-state index in [0.29, 0.717) is 22.4 Å². The number of likely N-dealkylation sites (tertiary alicyclic amines) is 2. The van der Waals surface area contributed by atoms with Crippen molar-refractivity contribution >= 4 is 29.2 Å². The van der Waals surface area contributed by atoms with E-state index in [1.54, 1.807) is 12.1 Å².